The van der Waals surface area contributed by atoms with Crippen LogP contribution < -0.4 is 16.1 Å². The number of esters is 1. The van der Waals surface area contributed by atoms with E-state index in [4.69, 9.17) is 10.5 Å². The van der Waals surface area contributed by atoms with Gasteiger partial charge in [0.25, 0.3) is 0 Å². The van der Waals surface area contributed by atoms with Crippen molar-refractivity contribution in [2.45, 2.75) is 82.3 Å². The number of aliphatic hydroxyl groups is 1. The first-order valence-electron chi connectivity index (χ1n) is 14.2. The Hall–Kier alpha value is -4.87. The number of ketones is 1. The van der Waals surface area contributed by atoms with E-state index in [1.807, 2.05) is 6.07 Å². The molecule has 1 aliphatic heterocycles. The third-order valence-corrected chi connectivity index (χ3v) is 7.28. The van der Waals surface area contributed by atoms with E-state index in [0.717, 1.165) is 5.56 Å². The molecule has 0 radical (unpaired) electrons. The molecule has 2 heterocycles. The van der Waals surface area contributed by atoms with E-state index in [-0.39, 0.29) is 25.7 Å². The molecule has 1 aliphatic rings. The number of nitrogens with zero attached hydrogens (tertiary/aromatic N) is 4. The van der Waals surface area contributed by atoms with Gasteiger partial charge in [0, 0.05) is 6.42 Å². The predicted molar refractivity (Wildman–Crippen MR) is 159 cm³/mol. The third kappa shape index (κ3) is 7.36. The summed E-state index contributed by atoms with van der Waals surface area (Å²) in [5, 5.41) is 15.8. The fourth-order valence-corrected chi connectivity index (χ4v) is 5.31. The summed E-state index contributed by atoms with van der Waals surface area (Å²) in [5.74, 6) is -3.35. The molecule has 2 amide bonds. The lowest BCUT2D eigenvalue weighted by molar-refractivity contribution is -0.157. The van der Waals surface area contributed by atoms with E-state index < -0.39 is 59.4 Å². The summed E-state index contributed by atoms with van der Waals surface area (Å²) in [4.78, 5) is 71.4. The maximum Gasteiger partial charge on any atom is 0.330 e. The average Bonchev–Trinajstić information content (AvgIpc) is 3.59. The lowest BCUT2D eigenvalue weighted by Gasteiger charge is -2.37. The number of carbonyl (C=O) groups is 4. The number of amides is 2. The Labute approximate surface area is 254 Å². The Bertz CT molecular complexity index is 1580. The third-order valence-electron chi connectivity index (χ3n) is 7.28. The van der Waals surface area contributed by atoms with Crippen LogP contribution in [0, 0.1) is 0 Å². The second-order valence-corrected chi connectivity index (χ2v) is 11.7. The van der Waals surface area contributed by atoms with Crippen molar-refractivity contribution < 1.29 is 33.8 Å². The lowest BCUT2D eigenvalue weighted by Crippen LogP contribution is -2.64. The molecule has 1 unspecified atom stereocenters. The maximum absolute atomic E-state index is 14.4. The molecule has 232 valence electrons. The standard InChI is InChI=1S/C31H36N6O7/c1-30(2,3)44-29(42)25-14-13-24(37(25)36-18-33-21-11-7-8-12-23(21)36)27(40)31(43,16-15-20-9-5-4-6-10-20)35-28(41)22(34-19-38)17-26(32)39/h4-12,18,22,24-25,43H,13-17H2,1-3H3,(H2,32,39)(H,35,41)/t22-,24?,25-,31-/m0/s1. The van der Waals surface area contributed by atoms with Gasteiger partial charge in [0.05, 0.1) is 17.5 Å². The minimum absolute atomic E-state index is 0.135. The van der Waals surface area contributed by atoms with Crippen LogP contribution in [0.1, 0.15) is 52.0 Å². The monoisotopic (exact) mass is 604 g/mol. The van der Waals surface area contributed by atoms with Crippen LogP contribution in [0.3, 0.4) is 0 Å². The molecule has 44 heavy (non-hydrogen) atoms. The van der Waals surface area contributed by atoms with Crippen molar-refractivity contribution in [3.05, 3.63) is 66.5 Å². The number of aliphatic imine (C=N–C) groups is 1. The van der Waals surface area contributed by atoms with Gasteiger partial charge in [-0.05, 0) is 57.7 Å². The highest BCUT2D eigenvalue weighted by atomic mass is 16.6. The number of isocyanates is 1. The number of aryl methyl sites for hydroxylation is 1. The van der Waals surface area contributed by atoms with Crippen molar-refractivity contribution in [3.8, 4) is 0 Å². The van der Waals surface area contributed by atoms with Gasteiger partial charge < -0.3 is 20.9 Å². The fourth-order valence-electron chi connectivity index (χ4n) is 5.31. The Morgan fingerprint density at radius 3 is 2.41 bits per heavy atom. The second kappa shape index (κ2) is 13.2. The molecular weight excluding hydrogens is 568 g/mol. The van der Waals surface area contributed by atoms with Crippen LogP contribution in [0.5, 0.6) is 0 Å². The number of carbonyl (C=O) groups excluding carboxylic acids is 5. The highest BCUT2D eigenvalue weighted by molar-refractivity contribution is 5.99. The van der Waals surface area contributed by atoms with Gasteiger partial charge >= 0.3 is 5.97 Å². The SMILES string of the molecule is CC(C)(C)OC(=O)[C@@H]1CCC(C(=O)[C@@](O)(CCc2ccccc2)NC(=O)[C@H](CC(N)=O)N=C=O)N1n1cnc2ccccc21. The smallest absolute Gasteiger partial charge is 0.330 e. The van der Waals surface area contributed by atoms with Crippen molar-refractivity contribution in [1.82, 2.24) is 15.0 Å². The summed E-state index contributed by atoms with van der Waals surface area (Å²) in [6, 6.07) is 12.5. The number of hydrogen-bond acceptors (Lipinski definition) is 10. The van der Waals surface area contributed by atoms with Gasteiger partial charge in [-0.2, -0.15) is 4.99 Å². The van der Waals surface area contributed by atoms with Crippen LogP contribution in [0.2, 0.25) is 0 Å². The molecule has 1 fully saturated rings. The molecular formula is C31H36N6O7. The summed E-state index contributed by atoms with van der Waals surface area (Å²) in [7, 11) is 0. The number of benzene rings is 2. The first-order chi connectivity index (χ1) is 20.8. The molecule has 0 aliphatic carbocycles. The molecule has 0 bridgehead atoms. The zero-order valence-corrected chi connectivity index (χ0v) is 24.8. The lowest BCUT2D eigenvalue weighted by atomic mass is 9.92. The molecule has 3 aromatic rings. The molecule has 13 heteroatoms. The number of aromatic nitrogens is 2. The Morgan fingerprint density at radius 2 is 1.75 bits per heavy atom. The maximum atomic E-state index is 14.4. The highest BCUT2D eigenvalue weighted by Crippen LogP contribution is 2.31. The first-order valence-corrected chi connectivity index (χ1v) is 14.2. The van der Waals surface area contributed by atoms with E-state index in [1.165, 1.54) is 17.4 Å². The molecule has 4 atom stereocenters. The van der Waals surface area contributed by atoms with Gasteiger partial charge in [-0.15, -0.1) is 0 Å². The van der Waals surface area contributed by atoms with Crippen LogP contribution in [0.15, 0.2) is 65.9 Å². The molecule has 4 rings (SSSR count). The van der Waals surface area contributed by atoms with Crippen LogP contribution in [-0.2, 0) is 35.1 Å². The molecule has 1 aromatic heterocycles. The van der Waals surface area contributed by atoms with Crippen LogP contribution in [-0.4, -0.2) is 73.9 Å². The van der Waals surface area contributed by atoms with E-state index in [2.05, 4.69) is 15.3 Å². The Balaban J connectivity index is 1.75. The Kier molecular flexibility index (Phi) is 9.61. The van der Waals surface area contributed by atoms with Gasteiger partial charge in [0.15, 0.2) is 0 Å². The molecule has 13 nitrogen and oxygen atoms in total. The topological polar surface area (TPSA) is 186 Å². The number of Topliss-reactive ketones (excluding diaryl/α,β-unsaturated/α-hetero) is 1. The summed E-state index contributed by atoms with van der Waals surface area (Å²) in [5.41, 5.74) is 3.93. The number of ether oxygens (including phenoxy) is 1. The summed E-state index contributed by atoms with van der Waals surface area (Å²) in [6.45, 7) is 5.21. The second-order valence-electron chi connectivity index (χ2n) is 11.7. The van der Waals surface area contributed by atoms with Crippen molar-refractivity contribution in [1.29, 1.82) is 0 Å². The number of fused-ring (bicyclic) bond motifs is 1. The number of hydrogen-bond donors (Lipinski definition) is 3. The molecule has 0 spiro atoms. The highest BCUT2D eigenvalue weighted by Gasteiger charge is 2.51. The molecule has 0 saturated carbocycles. The van der Waals surface area contributed by atoms with E-state index in [9.17, 15) is 29.1 Å². The number of rotatable bonds is 12. The quantitative estimate of drug-likeness (QED) is 0.119. The van der Waals surface area contributed by atoms with Crippen molar-refractivity contribution >= 4 is 40.7 Å². The van der Waals surface area contributed by atoms with Gasteiger partial charge in [-0.1, -0.05) is 42.5 Å². The first kappa shape index (κ1) is 32.1. The van der Waals surface area contributed by atoms with Crippen molar-refractivity contribution in [2.75, 3.05) is 5.01 Å². The van der Waals surface area contributed by atoms with Gasteiger partial charge in [0.2, 0.25) is 29.4 Å². The number of nitrogens with two attached hydrogens (primary N) is 1. The summed E-state index contributed by atoms with van der Waals surface area (Å²) < 4.78 is 7.28. The number of primary amides is 1. The van der Waals surface area contributed by atoms with Crippen LogP contribution in [0.25, 0.3) is 11.0 Å². The summed E-state index contributed by atoms with van der Waals surface area (Å²) in [6.07, 6.45) is 2.34. The summed E-state index contributed by atoms with van der Waals surface area (Å²) >= 11 is 0. The number of imidazole rings is 1. The number of para-hydroxylation sites is 2. The Morgan fingerprint density at radius 1 is 1.09 bits per heavy atom. The van der Waals surface area contributed by atoms with E-state index in [0.29, 0.717) is 11.0 Å². The van der Waals surface area contributed by atoms with Gasteiger partial charge in [-0.3, -0.25) is 19.4 Å². The molecule has 2 aromatic carbocycles. The zero-order valence-electron chi connectivity index (χ0n) is 24.8. The van der Waals surface area contributed by atoms with Gasteiger partial charge in [0.1, 0.15) is 30.1 Å². The number of nitrogens with one attached hydrogen (secondary N) is 1. The average molecular weight is 605 g/mol. The minimum atomic E-state index is -2.50. The normalized spacial score (nSPS) is 18.6. The molecule has 4 N–H and O–H groups in total. The zero-order chi connectivity index (χ0) is 32.1. The van der Waals surface area contributed by atoms with Gasteiger partial charge in [-0.25, -0.2) is 19.2 Å². The van der Waals surface area contributed by atoms with Crippen molar-refractivity contribution in [3.63, 3.8) is 0 Å². The molecule has 1 saturated heterocycles. The predicted octanol–water partition coefficient (Wildman–Crippen LogP) is 1.43. The van der Waals surface area contributed by atoms with Crippen LogP contribution >= 0.6 is 0 Å². The van der Waals surface area contributed by atoms with E-state index >= 15 is 0 Å². The largest absolute Gasteiger partial charge is 0.458 e. The minimum Gasteiger partial charge on any atom is -0.458 e. The fraction of sp³-hybridized carbons (Fsp3) is 0.419. The van der Waals surface area contributed by atoms with Crippen molar-refractivity contribution in [2.24, 2.45) is 10.7 Å². The van der Waals surface area contributed by atoms with Crippen LogP contribution in [0.4, 0.5) is 0 Å². The van der Waals surface area contributed by atoms with E-state index in [1.54, 1.807) is 74.0 Å².